The van der Waals surface area contributed by atoms with Gasteiger partial charge in [-0.1, -0.05) is 6.07 Å². The molecule has 5 nitrogen and oxygen atoms in total. The first-order valence-corrected chi connectivity index (χ1v) is 5.20. The third kappa shape index (κ3) is 3.86. The average molecular weight is 247 g/mol. The van der Waals surface area contributed by atoms with E-state index in [0.717, 1.165) is 12.2 Å². The van der Waals surface area contributed by atoms with E-state index in [9.17, 15) is 19.8 Å². The van der Waals surface area contributed by atoms with Crippen LogP contribution in [0.3, 0.4) is 0 Å². The number of aliphatic hydroxyl groups is 2. The van der Waals surface area contributed by atoms with Crippen molar-refractivity contribution in [1.82, 2.24) is 4.98 Å². The Morgan fingerprint density at radius 2 is 1.39 bits per heavy atom. The van der Waals surface area contributed by atoms with Gasteiger partial charge in [0.2, 0.25) is 0 Å². The number of ketones is 2. The molecule has 0 fully saturated rings. The maximum Gasteiger partial charge on any atom is 0.156 e. The molecule has 0 amide bonds. The number of nitrogens with zero attached hydrogens (tertiary/aromatic N) is 1. The fraction of sp³-hybridized carbons (Fsp3) is 0.154. The third-order valence-corrected chi connectivity index (χ3v) is 1.95. The molecule has 1 heterocycles. The molecule has 1 aromatic rings. The summed E-state index contributed by atoms with van der Waals surface area (Å²) in [7, 11) is 0. The van der Waals surface area contributed by atoms with Crippen molar-refractivity contribution in [3.63, 3.8) is 0 Å². The summed E-state index contributed by atoms with van der Waals surface area (Å²) in [5.41, 5.74) is 0.289. The van der Waals surface area contributed by atoms with Crippen LogP contribution in [0.4, 0.5) is 0 Å². The van der Waals surface area contributed by atoms with E-state index in [-0.39, 0.29) is 34.5 Å². The van der Waals surface area contributed by atoms with Crippen molar-refractivity contribution in [1.29, 1.82) is 0 Å². The number of aliphatic hydroxyl groups excluding tert-OH is 2. The number of carbonyl (C=O) groups excluding carboxylic acids is 2. The van der Waals surface area contributed by atoms with Gasteiger partial charge in [0.1, 0.15) is 22.9 Å². The Kier molecular flexibility index (Phi) is 4.37. The maximum absolute atomic E-state index is 10.8. The van der Waals surface area contributed by atoms with Gasteiger partial charge in [0.25, 0.3) is 0 Å². The van der Waals surface area contributed by atoms with Crippen LogP contribution < -0.4 is 0 Å². The Balaban J connectivity index is 3.14. The van der Waals surface area contributed by atoms with Crippen LogP contribution in [0.2, 0.25) is 0 Å². The Hall–Kier alpha value is -2.43. The summed E-state index contributed by atoms with van der Waals surface area (Å²) < 4.78 is 0. The summed E-state index contributed by atoms with van der Waals surface area (Å²) in [6.45, 7) is 2.60. The Labute approximate surface area is 104 Å². The van der Waals surface area contributed by atoms with E-state index >= 15 is 0 Å². The van der Waals surface area contributed by atoms with Gasteiger partial charge in [0.15, 0.2) is 11.6 Å². The standard InChI is InChI=1S/C13H13NO4/c1-8(15)6-12(17)10-4-3-5-11(14-10)13(18)7-9(2)16/h3-7,17-18H,1-2H3/b12-6-,13-7?. The largest absolute Gasteiger partial charge is 0.506 e. The zero-order valence-electron chi connectivity index (χ0n) is 10.0. The first kappa shape index (κ1) is 13.6. The summed E-state index contributed by atoms with van der Waals surface area (Å²) in [6.07, 6.45) is 2.05. The number of hydrogen-bond acceptors (Lipinski definition) is 5. The Morgan fingerprint density at radius 1 is 1.00 bits per heavy atom. The molecule has 0 aliphatic carbocycles. The Morgan fingerprint density at radius 3 is 1.72 bits per heavy atom. The van der Waals surface area contributed by atoms with Crippen molar-refractivity contribution < 1.29 is 19.8 Å². The number of rotatable bonds is 4. The molecule has 1 aromatic heterocycles. The van der Waals surface area contributed by atoms with E-state index in [2.05, 4.69) is 4.98 Å². The highest BCUT2D eigenvalue weighted by Gasteiger charge is 2.06. The van der Waals surface area contributed by atoms with Crippen LogP contribution in [0, 0.1) is 0 Å². The van der Waals surface area contributed by atoms with Crippen LogP contribution in [0.1, 0.15) is 25.2 Å². The first-order chi connectivity index (χ1) is 8.40. The van der Waals surface area contributed by atoms with E-state index < -0.39 is 0 Å². The second-order valence-electron chi connectivity index (χ2n) is 3.69. The number of carbonyl (C=O) groups is 2. The Bertz CT molecular complexity index is 498. The predicted octanol–water partition coefficient (Wildman–Crippen LogP) is 2.06. The van der Waals surface area contributed by atoms with E-state index in [1.54, 1.807) is 6.07 Å². The van der Waals surface area contributed by atoms with Gasteiger partial charge in [-0.3, -0.25) is 9.59 Å². The molecular weight excluding hydrogens is 234 g/mol. The molecule has 0 aromatic carbocycles. The van der Waals surface area contributed by atoms with Crippen LogP contribution in [0.25, 0.3) is 11.5 Å². The second kappa shape index (κ2) is 5.77. The molecule has 2 N–H and O–H groups in total. The number of aromatic nitrogens is 1. The third-order valence-electron chi connectivity index (χ3n) is 1.95. The lowest BCUT2D eigenvalue weighted by atomic mass is 10.2. The van der Waals surface area contributed by atoms with E-state index in [1.165, 1.54) is 26.0 Å². The molecule has 0 aliphatic heterocycles. The predicted molar refractivity (Wildman–Crippen MR) is 66.8 cm³/mol. The van der Waals surface area contributed by atoms with Gasteiger partial charge in [-0.05, 0) is 26.0 Å². The summed E-state index contributed by atoms with van der Waals surface area (Å²) in [5.74, 6) is -1.22. The minimum Gasteiger partial charge on any atom is -0.506 e. The molecule has 18 heavy (non-hydrogen) atoms. The van der Waals surface area contributed by atoms with Gasteiger partial charge in [-0.2, -0.15) is 0 Å². The SMILES string of the molecule is CC(=O)C=C(O)c1cccc(/C(O)=C/C(C)=O)n1. The zero-order chi connectivity index (χ0) is 13.7. The van der Waals surface area contributed by atoms with Crippen LogP contribution >= 0.6 is 0 Å². The van der Waals surface area contributed by atoms with Crippen LogP contribution in [0.5, 0.6) is 0 Å². The topological polar surface area (TPSA) is 87.5 Å². The number of hydrogen-bond donors (Lipinski definition) is 2. The van der Waals surface area contributed by atoms with Gasteiger partial charge in [0.05, 0.1) is 0 Å². The number of allylic oxidation sites excluding steroid dienone is 2. The fourth-order valence-electron chi connectivity index (χ4n) is 1.25. The van der Waals surface area contributed by atoms with Gasteiger partial charge in [-0.25, -0.2) is 4.98 Å². The molecule has 0 spiro atoms. The molecule has 0 saturated carbocycles. The fourth-order valence-corrected chi connectivity index (χ4v) is 1.25. The lowest BCUT2D eigenvalue weighted by Crippen LogP contribution is -1.97. The summed E-state index contributed by atoms with van der Waals surface area (Å²) in [5, 5.41) is 19.2. The molecular formula is C13H13NO4. The van der Waals surface area contributed by atoms with E-state index in [4.69, 9.17) is 0 Å². The second-order valence-corrected chi connectivity index (χ2v) is 3.69. The van der Waals surface area contributed by atoms with Crippen molar-refractivity contribution in [2.45, 2.75) is 13.8 Å². The van der Waals surface area contributed by atoms with Gasteiger partial charge >= 0.3 is 0 Å². The molecule has 0 radical (unpaired) electrons. The highest BCUT2D eigenvalue weighted by Crippen LogP contribution is 2.13. The highest BCUT2D eigenvalue weighted by molar-refractivity contribution is 5.94. The van der Waals surface area contributed by atoms with Crippen molar-refractivity contribution in [2.24, 2.45) is 0 Å². The van der Waals surface area contributed by atoms with Crippen molar-refractivity contribution in [2.75, 3.05) is 0 Å². The minimum atomic E-state index is -0.316. The molecule has 0 aliphatic rings. The van der Waals surface area contributed by atoms with Gasteiger partial charge < -0.3 is 10.2 Å². The first-order valence-electron chi connectivity index (χ1n) is 5.20. The van der Waals surface area contributed by atoms with E-state index in [1.807, 2.05) is 0 Å². The molecule has 0 atom stereocenters. The molecule has 5 heteroatoms. The summed E-state index contributed by atoms with van der Waals surface area (Å²) in [4.78, 5) is 25.6. The summed E-state index contributed by atoms with van der Waals surface area (Å²) >= 11 is 0. The van der Waals surface area contributed by atoms with Crippen LogP contribution in [-0.2, 0) is 9.59 Å². The van der Waals surface area contributed by atoms with Gasteiger partial charge in [-0.15, -0.1) is 0 Å². The minimum absolute atomic E-state index is 0.145. The molecule has 0 unspecified atom stereocenters. The smallest absolute Gasteiger partial charge is 0.156 e. The van der Waals surface area contributed by atoms with Crippen molar-refractivity contribution >= 4 is 23.1 Å². The number of pyridine rings is 1. The molecule has 0 bridgehead atoms. The quantitative estimate of drug-likeness (QED) is 0.628. The molecule has 0 saturated heterocycles. The van der Waals surface area contributed by atoms with E-state index in [0.29, 0.717) is 0 Å². The lowest BCUT2D eigenvalue weighted by Gasteiger charge is -2.02. The van der Waals surface area contributed by atoms with Crippen molar-refractivity contribution in [3.05, 3.63) is 41.7 Å². The van der Waals surface area contributed by atoms with Gasteiger partial charge in [0, 0.05) is 12.2 Å². The maximum atomic E-state index is 10.8. The van der Waals surface area contributed by atoms with Crippen molar-refractivity contribution in [3.8, 4) is 0 Å². The zero-order valence-corrected chi connectivity index (χ0v) is 10.0. The van der Waals surface area contributed by atoms with Crippen LogP contribution in [0.15, 0.2) is 30.4 Å². The van der Waals surface area contributed by atoms with Crippen LogP contribution in [-0.4, -0.2) is 26.8 Å². The lowest BCUT2D eigenvalue weighted by molar-refractivity contribution is -0.113. The molecule has 1 rings (SSSR count). The average Bonchev–Trinajstić information content (AvgIpc) is 2.27. The normalized spacial score (nSPS) is 12.3. The molecule has 94 valence electrons. The summed E-state index contributed by atoms with van der Waals surface area (Å²) in [6, 6.07) is 4.52. The monoisotopic (exact) mass is 247 g/mol. The highest BCUT2D eigenvalue weighted by atomic mass is 16.3.